The van der Waals surface area contributed by atoms with Crippen LogP contribution in [-0.2, 0) is 11.0 Å². The lowest BCUT2D eigenvalue weighted by molar-refractivity contribution is -0.143. The van der Waals surface area contributed by atoms with E-state index in [0.717, 1.165) is 6.20 Å². The predicted molar refractivity (Wildman–Crippen MR) is 109 cm³/mol. The largest absolute Gasteiger partial charge is 0.494 e. The lowest BCUT2D eigenvalue weighted by atomic mass is 10.2. The van der Waals surface area contributed by atoms with Crippen molar-refractivity contribution in [3.8, 4) is 17.4 Å². The molecule has 10 nitrogen and oxygen atoms in total. The Labute approximate surface area is 185 Å². The summed E-state index contributed by atoms with van der Waals surface area (Å²) in [6.07, 6.45) is -4.19. The number of carbonyl (C=O) groups excluding carboxylic acids is 2. The van der Waals surface area contributed by atoms with E-state index in [0.29, 0.717) is 22.7 Å². The maximum absolute atomic E-state index is 13.7. The van der Waals surface area contributed by atoms with E-state index in [9.17, 15) is 22.8 Å². The van der Waals surface area contributed by atoms with Crippen LogP contribution in [-0.4, -0.2) is 52.1 Å². The Morgan fingerprint density at radius 1 is 1.09 bits per heavy atom. The molecule has 2 aromatic heterocycles. The van der Waals surface area contributed by atoms with Crippen molar-refractivity contribution in [1.82, 2.24) is 25.3 Å². The Balaban J connectivity index is 1.71. The maximum atomic E-state index is 13.7. The zero-order valence-electron chi connectivity index (χ0n) is 17.5. The average Bonchev–Trinajstić information content (AvgIpc) is 3.25. The van der Waals surface area contributed by atoms with E-state index in [2.05, 4.69) is 25.9 Å². The third-order valence-corrected chi connectivity index (χ3v) is 4.19. The summed E-state index contributed by atoms with van der Waals surface area (Å²) in [6.45, 7) is 1.76. The number of nitrogens with one attached hydrogen (secondary N) is 2. The molecule has 0 fully saturated rings. The number of ether oxygens (including phenoxy) is 2. The number of halogens is 3. The maximum Gasteiger partial charge on any atom is 0.434 e. The summed E-state index contributed by atoms with van der Waals surface area (Å²) >= 11 is 0. The smallest absolute Gasteiger partial charge is 0.434 e. The van der Waals surface area contributed by atoms with E-state index < -0.39 is 35.8 Å². The molecule has 0 atom stereocenters. The first-order chi connectivity index (χ1) is 15.7. The molecule has 0 spiro atoms. The Bertz CT molecular complexity index is 1110. The Morgan fingerprint density at radius 3 is 2.39 bits per heavy atom. The van der Waals surface area contributed by atoms with Gasteiger partial charge >= 0.3 is 6.18 Å². The van der Waals surface area contributed by atoms with Gasteiger partial charge in [0, 0.05) is 11.8 Å². The second-order valence-corrected chi connectivity index (χ2v) is 6.44. The van der Waals surface area contributed by atoms with Crippen LogP contribution >= 0.6 is 0 Å². The molecule has 0 saturated heterocycles. The van der Waals surface area contributed by atoms with E-state index in [1.54, 1.807) is 24.3 Å². The predicted octanol–water partition coefficient (Wildman–Crippen LogP) is 2.46. The van der Waals surface area contributed by atoms with Gasteiger partial charge in [0.1, 0.15) is 5.75 Å². The normalized spacial score (nSPS) is 11.1. The number of hydrogen-bond donors (Lipinski definition) is 2. The van der Waals surface area contributed by atoms with Gasteiger partial charge in [-0.05, 0) is 37.3 Å². The highest BCUT2D eigenvalue weighted by Crippen LogP contribution is 2.33. The van der Waals surface area contributed by atoms with Crippen LogP contribution in [0.1, 0.15) is 23.0 Å². The fourth-order valence-corrected chi connectivity index (χ4v) is 2.76. The van der Waals surface area contributed by atoms with Gasteiger partial charge in [0.05, 0.1) is 32.0 Å². The highest BCUT2D eigenvalue weighted by molar-refractivity contribution is 6.00. The quantitative estimate of drug-likeness (QED) is 0.525. The molecule has 33 heavy (non-hydrogen) atoms. The molecule has 1 aromatic carbocycles. The Morgan fingerprint density at radius 2 is 1.82 bits per heavy atom. The van der Waals surface area contributed by atoms with E-state index in [4.69, 9.17) is 9.47 Å². The van der Waals surface area contributed by atoms with Gasteiger partial charge in [-0.25, -0.2) is 4.68 Å². The second kappa shape index (κ2) is 9.97. The van der Waals surface area contributed by atoms with E-state index in [-0.39, 0.29) is 11.7 Å². The number of amides is 2. The molecular formula is C20H19F3N6O4. The summed E-state index contributed by atoms with van der Waals surface area (Å²) in [6, 6.07) is 8.97. The molecule has 0 unspecified atom stereocenters. The molecule has 0 bridgehead atoms. The number of carbonyl (C=O) groups is 2. The van der Waals surface area contributed by atoms with Crippen molar-refractivity contribution in [2.45, 2.75) is 13.1 Å². The first-order valence-electron chi connectivity index (χ1n) is 9.57. The minimum atomic E-state index is -4.94. The first-order valence-corrected chi connectivity index (χ1v) is 9.57. The number of rotatable bonds is 8. The molecule has 3 aromatic rings. The summed E-state index contributed by atoms with van der Waals surface area (Å²) in [5.74, 6) is -1.32. The zero-order chi connectivity index (χ0) is 24.0. The van der Waals surface area contributed by atoms with Crippen molar-refractivity contribution in [3.05, 3.63) is 53.9 Å². The van der Waals surface area contributed by atoms with Crippen LogP contribution in [0.5, 0.6) is 11.6 Å². The first kappa shape index (κ1) is 23.5. The number of alkyl halides is 3. The lowest BCUT2D eigenvalue weighted by Crippen LogP contribution is -2.34. The monoisotopic (exact) mass is 464 g/mol. The fourth-order valence-electron chi connectivity index (χ4n) is 2.76. The van der Waals surface area contributed by atoms with Gasteiger partial charge < -0.3 is 20.1 Å². The fraction of sp³-hybridized carbons (Fsp3) is 0.250. The van der Waals surface area contributed by atoms with Crippen molar-refractivity contribution in [2.24, 2.45) is 0 Å². The molecule has 0 radical (unpaired) electrons. The average molecular weight is 464 g/mol. The van der Waals surface area contributed by atoms with Gasteiger partial charge in [-0.15, -0.1) is 10.2 Å². The van der Waals surface area contributed by atoms with Crippen LogP contribution in [0.4, 0.5) is 18.9 Å². The SMILES string of the molecule is CCOc1ccc(NC(=O)CNC(=O)c2cnn(-c3ccc(OC)nn3)c2C(F)(F)F)cc1. The molecule has 174 valence electrons. The van der Waals surface area contributed by atoms with Crippen LogP contribution in [0.2, 0.25) is 0 Å². The van der Waals surface area contributed by atoms with E-state index in [1.165, 1.54) is 19.2 Å². The third-order valence-electron chi connectivity index (χ3n) is 4.19. The molecule has 0 aliphatic heterocycles. The van der Waals surface area contributed by atoms with Gasteiger partial charge in [-0.1, -0.05) is 0 Å². The molecule has 13 heteroatoms. The summed E-state index contributed by atoms with van der Waals surface area (Å²) < 4.78 is 51.7. The number of methoxy groups -OCH3 is 1. The Hall–Kier alpha value is -4.16. The van der Waals surface area contributed by atoms with Crippen LogP contribution in [0.25, 0.3) is 5.82 Å². The number of nitrogens with zero attached hydrogens (tertiary/aromatic N) is 4. The van der Waals surface area contributed by atoms with Crippen LogP contribution in [0, 0.1) is 0 Å². The minimum Gasteiger partial charge on any atom is -0.494 e. The van der Waals surface area contributed by atoms with Crippen molar-refractivity contribution in [3.63, 3.8) is 0 Å². The van der Waals surface area contributed by atoms with Crippen molar-refractivity contribution in [1.29, 1.82) is 0 Å². The Kier molecular flexibility index (Phi) is 7.10. The van der Waals surface area contributed by atoms with Gasteiger partial charge in [-0.3, -0.25) is 9.59 Å². The molecule has 2 amide bonds. The van der Waals surface area contributed by atoms with Crippen molar-refractivity contribution < 1.29 is 32.2 Å². The van der Waals surface area contributed by atoms with E-state index in [1.807, 2.05) is 6.92 Å². The number of benzene rings is 1. The number of aromatic nitrogens is 4. The number of anilines is 1. The summed E-state index contributed by atoms with van der Waals surface area (Å²) in [5.41, 5.74) is -1.69. The van der Waals surface area contributed by atoms with Gasteiger partial charge in [0.2, 0.25) is 11.8 Å². The van der Waals surface area contributed by atoms with Crippen LogP contribution in [0.3, 0.4) is 0 Å². The van der Waals surface area contributed by atoms with Gasteiger partial charge in [0.15, 0.2) is 11.5 Å². The van der Waals surface area contributed by atoms with Gasteiger partial charge in [-0.2, -0.15) is 18.3 Å². The van der Waals surface area contributed by atoms with Crippen molar-refractivity contribution in [2.75, 3.05) is 25.6 Å². The van der Waals surface area contributed by atoms with Gasteiger partial charge in [0.25, 0.3) is 5.91 Å². The summed E-state index contributed by atoms with van der Waals surface area (Å²) in [5, 5.41) is 15.5. The molecule has 2 N–H and O–H groups in total. The highest BCUT2D eigenvalue weighted by atomic mass is 19.4. The molecule has 0 saturated carbocycles. The third kappa shape index (κ3) is 5.75. The summed E-state index contributed by atoms with van der Waals surface area (Å²) in [7, 11) is 1.33. The molecule has 2 heterocycles. The standard InChI is InChI=1S/C20H19F3N6O4/c1-3-33-13-6-4-12(5-7-13)26-16(30)11-24-19(31)14-10-25-29(18(14)20(21,22)23)15-8-9-17(32-2)28-27-15/h4-10H,3,11H2,1-2H3,(H,24,31)(H,26,30). The zero-order valence-corrected chi connectivity index (χ0v) is 17.5. The second-order valence-electron chi connectivity index (χ2n) is 6.44. The van der Waals surface area contributed by atoms with Crippen molar-refractivity contribution >= 4 is 17.5 Å². The van der Waals surface area contributed by atoms with Crippen LogP contribution < -0.4 is 20.1 Å². The topological polar surface area (TPSA) is 120 Å². The molecule has 0 aliphatic rings. The summed E-state index contributed by atoms with van der Waals surface area (Å²) in [4.78, 5) is 24.5. The number of hydrogen-bond acceptors (Lipinski definition) is 7. The minimum absolute atomic E-state index is 0.0935. The molecular weight excluding hydrogens is 445 g/mol. The van der Waals surface area contributed by atoms with Crippen LogP contribution in [0.15, 0.2) is 42.6 Å². The van der Waals surface area contributed by atoms with E-state index >= 15 is 0 Å². The molecule has 3 rings (SSSR count). The molecule has 0 aliphatic carbocycles. The highest BCUT2D eigenvalue weighted by Gasteiger charge is 2.41. The lowest BCUT2D eigenvalue weighted by Gasteiger charge is -2.12.